The summed E-state index contributed by atoms with van der Waals surface area (Å²) in [6.07, 6.45) is 0.248. The molecule has 0 aliphatic carbocycles. The van der Waals surface area contributed by atoms with Gasteiger partial charge in [0.15, 0.2) is 0 Å². The number of amides is 2. The fraction of sp³-hybridized carbons (Fsp3) is 0.429. The Morgan fingerprint density at radius 2 is 1.95 bits per heavy atom. The summed E-state index contributed by atoms with van der Waals surface area (Å²) >= 11 is 2.19. The van der Waals surface area contributed by atoms with E-state index in [1.165, 1.54) is 4.90 Å². The van der Waals surface area contributed by atoms with Gasteiger partial charge in [0.05, 0.1) is 18.2 Å². The molecule has 102 valence electrons. The van der Waals surface area contributed by atoms with Gasteiger partial charge in [-0.05, 0) is 59.3 Å². The van der Waals surface area contributed by atoms with Crippen molar-refractivity contribution < 1.29 is 9.59 Å². The number of carbonyl (C=O) groups excluding carboxylic acids is 2. The van der Waals surface area contributed by atoms with Crippen molar-refractivity contribution in [2.24, 2.45) is 5.92 Å². The molecule has 1 aliphatic heterocycles. The van der Waals surface area contributed by atoms with E-state index in [1.807, 2.05) is 24.3 Å². The third-order valence-electron chi connectivity index (χ3n) is 3.00. The van der Waals surface area contributed by atoms with E-state index in [0.717, 1.165) is 10.1 Å². The van der Waals surface area contributed by atoms with E-state index in [9.17, 15) is 9.59 Å². The van der Waals surface area contributed by atoms with Crippen molar-refractivity contribution in [1.82, 2.24) is 5.32 Å². The lowest BCUT2D eigenvalue weighted by Gasteiger charge is -2.16. The van der Waals surface area contributed by atoms with Crippen molar-refractivity contribution in [3.63, 3.8) is 0 Å². The van der Waals surface area contributed by atoms with Gasteiger partial charge < -0.3 is 5.32 Å². The van der Waals surface area contributed by atoms with Gasteiger partial charge in [0.25, 0.3) is 5.91 Å². The van der Waals surface area contributed by atoms with Crippen LogP contribution in [-0.4, -0.2) is 24.4 Å². The zero-order chi connectivity index (χ0) is 14.0. The van der Waals surface area contributed by atoms with Crippen LogP contribution in [0.3, 0.4) is 0 Å². The Morgan fingerprint density at radius 3 is 2.53 bits per heavy atom. The van der Waals surface area contributed by atoms with Crippen LogP contribution in [0.25, 0.3) is 0 Å². The smallest absolute Gasteiger partial charge is 0.251 e. The van der Waals surface area contributed by atoms with Crippen LogP contribution in [-0.2, 0) is 9.59 Å². The molecule has 4 nitrogen and oxygen atoms in total. The lowest BCUT2D eigenvalue weighted by Crippen LogP contribution is -2.40. The van der Waals surface area contributed by atoms with E-state index >= 15 is 0 Å². The zero-order valence-corrected chi connectivity index (χ0v) is 13.2. The molecule has 19 heavy (non-hydrogen) atoms. The Morgan fingerprint density at radius 1 is 1.32 bits per heavy atom. The molecule has 0 radical (unpaired) electrons. The normalized spacial score (nSPS) is 19.6. The van der Waals surface area contributed by atoms with Crippen molar-refractivity contribution in [3.8, 4) is 0 Å². The third-order valence-corrected chi connectivity index (χ3v) is 3.72. The van der Waals surface area contributed by atoms with Crippen molar-refractivity contribution >= 4 is 40.1 Å². The molecule has 0 unspecified atom stereocenters. The largest absolute Gasteiger partial charge is 0.305 e. The number of hydrogen-bond acceptors (Lipinski definition) is 3. The molecule has 0 aromatic heterocycles. The molecule has 1 aliphatic rings. The van der Waals surface area contributed by atoms with Crippen molar-refractivity contribution in [3.05, 3.63) is 27.8 Å². The molecule has 0 saturated carbocycles. The average molecular weight is 372 g/mol. The summed E-state index contributed by atoms with van der Waals surface area (Å²) in [6, 6.07) is 7.02. The first-order chi connectivity index (χ1) is 8.99. The van der Waals surface area contributed by atoms with Crippen molar-refractivity contribution in [2.45, 2.75) is 26.3 Å². The number of carbonyl (C=O) groups is 2. The summed E-state index contributed by atoms with van der Waals surface area (Å²) in [4.78, 5) is 25.5. The molecule has 1 atom stereocenters. The van der Waals surface area contributed by atoms with Crippen LogP contribution >= 0.6 is 22.6 Å². The maximum Gasteiger partial charge on any atom is 0.251 e. The van der Waals surface area contributed by atoms with Gasteiger partial charge in [0.1, 0.15) is 0 Å². The molecule has 1 saturated heterocycles. The summed E-state index contributed by atoms with van der Waals surface area (Å²) in [6.45, 7) is 4.89. The lowest BCUT2D eigenvalue weighted by molar-refractivity contribution is -0.121. The second kappa shape index (κ2) is 6.00. The van der Waals surface area contributed by atoms with Crippen LogP contribution in [0.2, 0.25) is 0 Å². The number of nitrogens with one attached hydrogen (secondary N) is 1. The van der Waals surface area contributed by atoms with Crippen LogP contribution in [0.1, 0.15) is 20.3 Å². The Bertz CT molecular complexity index is 485. The molecule has 5 heteroatoms. The van der Waals surface area contributed by atoms with Gasteiger partial charge in [-0.1, -0.05) is 13.8 Å². The summed E-state index contributed by atoms with van der Waals surface area (Å²) in [5, 5.41) is 3.16. The standard InChI is InChI=1S/C14H17IN2O2/c1-9(2)8-16-12-7-13(18)17(14(12)19)11-5-3-10(15)4-6-11/h3-6,9,12,16H,7-8H2,1-2H3/t12-/m0/s1. The second-order valence-corrected chi connectivity index (χ2v) is 6.35. The number of rotatable bonds is 4. The van der Waals surface area contributed by atoms with Crippen LogP contribution < -0.4 is 10.2 Å². The molecule has 1 aromatic rings. The summed E-state index contributed by atoms with van der Waals surface area (Å²) < 4.78 is 1.08. The summed E-state index contributed by atoms with van der Waals surface area (Å²) in [5.74, 6) is 0.176. The fourth-order valence-electron chi connectivity index (χ4n) is 2.03. The zero-order valence-electron chi connectivity index (χ0n) is 11.0. The molecule has 1 aromatic carbocycles. The maximum absolute atomic E-state index is 12.3. The van der Waals surface area contributed by atoms with Crippen LogP contribution in [0.5, 0.6) is 0 Å². The lowest BCUT2D eigenvalue weighted by atomic mass is 10.2. The molecule has 2 amide bonds. The molecule has 1 N–H and O–H groups in total. The van der Waals surface area contributed by atoms with Crippen LogP contribution in [0.4, 0.5) is 5.69 Å². The highest BCUT2D eigenvalue weighted by atomic mass is 127. The van der Waals surface area contributed by atoms with Gasteiger partial charge in [-0.15, -0.1) is 0 Å². The van der Waals surface area contributed by atoms with E-state index in [2.05, 4.69) is 41.8 Å². The monoisotopic (exact) mass is 372 g/mol. The second-order valence-electron chi connectivity index (χ2n) is 5.10. The highest BCUT2D eigenvalue weighted by Gasteiger charge is 2.39. The Kier molecular flexibility index (Phi) is 4.57. The Labute approximate surface area is 126 Å². The van der Waals surface area contributed by atoms with Crippen molar-refractivity contribution in [2.75, 3.05) is 11.4 Å². The minimum atomic E-state index is -0.380. The van der Waals surface area contributed by atoms with E-state index < -0.39 is 0 Å². The highest BCUT2D eigenvalue weighted by Crippen LogP contribution is 2.23. The topological polar surface area (TPSA) is 49.4 Å². The highest BCUT2D eigenvalue weighted by molar-refractivity contribution is 14.1. The molecule has 1 heterocycles. The molecule has 0 bridgehead atoms. The first kappa shape index (κ1) is 14.5. The molecule has 2 rings (SSSR count). The average Bonchev–Trinajstić information content (AvgIpc) is 2.63. The molecular formula is C14H17IN2O2. The number of anilines is 1. The maximum atomic E-state index is 12.3. The molecule has 1 fully saturated rings. The van der Waals surface area contributed by atoms with E-state index in [1.54, 1.807) is 0 Å². The minimum absolute atomic E-state index is 0.132. The Hall–Kier alpha value is -0.950. The van der Waals surface area contributed by atoms with E-state index in [0.29, 0.717) is 11.6 Å². The Balaban J connectivity index is 2.12. The van der Waals surface area contributed by atoms with Gasteiger partial charge >= 0.3 is 0 Å². The number of benzene rings is 1. The fourth-order valence-corrected chi connectivity index (χ4v) is 2.39. The van der Waals surface area contributed by atoms with Gasteiger partial charge in [-0.25, -0.2) is 4.90 Å². The number of hydrogen-bond donors (Lipinski definition) is 1. The number of imide groups is 1. The first-order valence-corrected chi connectivity index (χ1v) is 7.42. The third kappa shape index (κ3) is 3.33. The van der Waals surface area contributed by atoms with Gasteiger partial charge in [-0.3, -0.25) is 9.59 Å². The molecular weight excluding hydrogens is 355 g/mol. The van der Waals surface area contributed by atoms with Crippen LogP contribution in [0, 0.1) is 9.49 Å². The van der Waals surface area contributed by atoms with Crippen LogP contribution in [0.15, 0.2) is 24.3 Å². The predicted molar refractivity (Wildman–Crippen MR) is 82.9 cm³/mol. The summed E-state index contributed by atoms with van der Waals surface area (Å²) in [5.41, 5.74) is 0.657. The predicted octanol–water partition coefficient (Wildman–Crippen LogP) is 2.17. The summed E-state index contributed by atoms with van der Waals surface area (Å²) in [7, 11) is 0. The number of nitrogens with zero attached hydrogens (tertiary/aromatic N) is 1. The SMILES string of the molecule is CC(C)CN[C@H]1CC(=O)N(c2ccc(I)cc2)C1=O. The van der Waals surface area contributed by atoms with E-state index in [4.69, 9.17) is 0 Å². The minimum Gasteiger partial charge on any atom is -0.305 e. The van der Waals surface area contributed by atoms with Crippen molar-refractivity contribution in [1.29, 1.82) is 0 Å². The molecule has 0 spiro atoms. The first-order valence-electron chi connectivity index (χ1n) is 6.35. The van der Waals surface area contributed by atoms with Gasteiger partial charge in [0.2, 0.25) is 5.91 Å². The van der Waals surface area contributed by atoms with Gasteiger partial charge in [-0.2, -0.15) is 0 Å². The van der Waals surface area contributed by atoms with Gasteiger partial charge in [0, 0.05) is 3.57 Å². The number of halogens is 1. The van der Waals surface area contributed by atoms with E-state index in [-0.39, 0.29) is 24.3 Å². The quantitative estimate of drug-likeness (QED) is 0.651.